The van der Waals surface area contributed by atoms with Crippen molar-refractivity contribution in [2.24, 2.45) is 0 Å². The van der Waals surface area contributed by atoms with Gasteiger partial charge in [-0.1, -0.05) is 36.4 Å². The van der Waals surface area contributed by atoms with Crippen LogP contribution in [-0.4, -0.2) is 147 Å². The van der Waals surface area contributed by atoms with Crippen LogP contribution < -0.4 is 14.2 Å². The van der Waals surface area contributed by atoms with Crippen LogP contribution in [0, 0.1) is 0 Å². The molecule has 0 unspecified atom stereocenters. The highest BCUT2D eigenvalue weighted by Crippen LogP contribution is 2.38. The molecule has 3 amide bonds. The van der Waals surface area contributed by atoms with Crippen molar-refractivity contribution in [3.05, 3.63) is 88.0 Å². The molecule has 3 aromatic carbocycles. The summed E-state index contributed by atoms with van der Waals surface area (Å²) in [7, 11) is 5.07. The number of nitrogens with zero attached hydrogens (tertiary/aromatic N) is 3. The number of rotatable bonds is 3. The van der Waals surface area contributed by atoms with Gasteiger partial charge in [0.2, 0.25) is 0 Å². The second-order valence-corrected chi connectivity index (χ2v) is 21.5. The summed E-state index contributed by atoms with van der Waals surface area (Å²) in [6.07, 6.45) is 3.88. The van der Waals surface area contributed by atoms with Gasteiger partial charge in [0.05, 0.1) is 77.6 Å². The van der Waals surface area contributed by atoms with E-state index in [1.807, 2.05) is 113 Å². The molecule has 3 saturated heterocycles. The van der Waals surface area contributed by atoms with Crippen LogP contribution in [0.5, 0.6) is 17.2 Å². The Balaban J connectivity index is 0.000000153. The zero-order valence-corrected chi connectivity index (χ0v) is 42.9. The zero-order chi connectivity index (χ0) is 49.8. The van der Waals surface area contributed by atoms with Gasteiger partial charge in [0.25, 0.3) is 0 Å². The first-order valence-electron chi connectivity index (χ1n) is 24.4. The molecule has 69 heavy (non-hydrogen) atoms. The Hall–Kier alpha value is -5.25. The number of fused-ring (bicyclic) bond motifs is 6. The van der Waals surface area contributed by atoms with E-state index in [1.165, 1.54) is 33.4 Å². The summed E-state index contributed by atoms with van der Waals surface area (Å²) in [5.41, 5.74) is 5.81. The van der Waals surface area contributed by atoms with Crippen molar-refractivity contribution in [3.8, 4) is 17.2 Å². The molecule has 6 atom stereocenters. The number of benzene rings is 3. The van der Waals surface area contributed by atoms with Crippen LogP contribution >= 0.6 is 0 Å². The maximum absolute atomic E-state index is 12.5. The lowest BCUT2D eigenvalue weighted by atomic mass is 9.84. The Bertz CT molecular complexity index is 2030. The first-order valence-corrected chi connectivity index (χ1v) is 24.4. The van der Waals surface area contributed by atoms with Crippen molar-refractivity contribution in [1.29, 1.82) is 0 Å². The molecule has 9 rings (SSSR count). The third kappa shape index (κ3) is 12.6. The average molecular weight is 958 g/mol. The summed E-state index contributed by atoms with van der Waals surface area (Å²) >= 11 is 0. The van der Waals surface area contributed by atoms with E-state index < -0.39 is 16.8 Å². The Morgan fingerprint density at radius 2 is 0.696 bits per heavy atom. The lowest BCUT2D eigenvalue weighted by molar-refractivity contribution is -0.0784. The maximum Gasteiger partial charge on any atom is 0.410 e. The SMILES string of the molecule is COc1cccc2c1C[C@@H]1OCCN(C(=O)OC(C)(C)C)[C@H]1C2.COc1cccc2c1C[C@H]1OCCN(C(=O)OC(C)(C)C)[C@@H]1C2.COc1cccc2c1C[C@H]1OCCN(C(=O)OC(C)(C)C)[C@@H]1C2. The van der Waals surface area contributed by atoms with Gasteiger partial charge in [0.1, 0.15) is 34.1 Å². The van der Waals surface area contributed by atoms with E-state index in [2.05, 4.69) is 18.2 Å². The van der Waals surface area contributed by atoms with Crippen LogP contribution in [0.2, 0.25) is 0 Å². The van der Waals surface area contributed by atoms with Crippen LogP contribution in [0.4, 0.5) is 14.4 Å². The number of hydrogen-bond donors (Lipinski definition) is 0. The van der Waals surface area contributed by atoms with E-state index in [4.69, 9.17) is 42.6 Å². The van der Waals surface area contributed by atoms with Gasteiger partial charge in [-0.25, -0.2) is 14.4 Å². The summed E-state index contributed by atoms with van der Waals surface area (Å²) in [4.78, 5) is 43.1. The Labute approximate surface area is 408 Å². The van der Waals surface area contributed by atoms with Gasteiger partial charge in [0, 0.05) is 55.6 Å². The minimum absolute atomic E-state index is 0.0000633. The fraction of sp³-hybridized carbons (Fsp3) is 0.611. The second-order valence-electron chi connectivity index (χ2n) is 21.5. The van der Waals surface area contributed by atoms with Crippen LogP contribution in [0.1, 0.15) is 95.7 Å². The lowest BCUT2D eigenvalue weighted by Crippen LogP contribution is -2.57. The number of carbonyl (C=O) groups excluding carboxylic acids is 3. The van der Waals surface area contributed by atoms with Crippen LogP contribution in [-0.2, 0) is 66.9 Å². The standard InChI is InChI=1S/3C18H25NO4/c3*1-18(2,3)23-17(20)19-8-9-22-16-11-13-12(10-14(16)19)6-5-7-15(13)21-4/h3*5-7,14,16H,8-11H2,1-4H3/t3*14-,16-/m110/s1. The Kier molecular flexibility index (Phi) is 16.0. The fourth-order valence-corrected chi connectivity index (χ4v) is 10.2. The molecule has 3 fully saturated rings. The van der Waals surface area contributed by atoms with Gasteiger partial charge in [-0.05, 0) is 116 Å². The van der Waals surface area contributed by atoms with Gasteiger partial charge in [-0.15, -0.1) is 0 Å². The van der Waals surface area contributed by atoms with Gasteiger partial charge < -0.3 is 42.6 Å². The highest BCUT2D eigenvalue weighted by molar-refractivity contribution is 5.70. The molecule has 0 radical (unpaired) electrons. The third-order valence-corrected chi connectivity index (χ3v) is 13.2. The summed E-state index contributed by atoms with van der Waals surface area (Å²) < 4.78 is 50.9. The number of ether oxygens (including phenoxy) is 9. The predicted octanol–water partition coefficient (Wildman–Crippen LogP) is 8.39. The van der Waals surface area contributed by atoms with Gasteiger partial charge >= 0.3 is 18.3 Å². The second kappa shape index (κ2) is 21.4. The molecule has 3 aliphatic heterocycles. The van der Waals surface area contributed by atoms with Crippen molar-refractivity contribution in [2.75, 3.05) is 60.8 Å². The quantitative estimate of drug-likeness (QED) is 0.233. The largest absolute Gasteiger partial charge is 0.496 e. The number of amides is 3. The number of morpholine rings is 3. The van der Waals surface area contributed by atoms with E-state index in [0.717, 1.165) is 55.8 Å². The molecule has 15 heteroatoms. The van der Waals surface area contributed by atoms with Gasteiger partial charge in [0.15, 0.2) is 0 Å². The minimum Gasteiger partial charge on any atom is -0.496 e. The highest BCUT2D eigenvalue weighted by atomic mass is 16.6. The summed E-state index contributed by atoms with van der Waals surface area (Å²) in [5, 5.41) is 0. The van der Waals surface area contributed by atoms with Crippen molar-refractivity contribution >= 4 is 18.3 Å². The predicted molar refractivity (Wildman–Crippen MR) is 261 cm³/mol. The third-order valence-electron chi connectivity index (χ3n) is 13.2. The smallest absolute Gasteiger partial charge is 0.410 e. The normalized spacial score (nSPS) is 23.7. The first kappa shape index (κ1) is 51.6. The Morgan fingerprint density at radius 3 is 0.928 bits per heavy atom. The maximum atomic E-state index is 12.5. The summed E-state index contributed by atoms with van der Waals surface area (Å²) in [5.74, 6) is 2.71. The number of carbonyl (C=O) groups is 3. The molecule has 15 nitrogen and oxygen atoms in total. The molecule has 0 spiro atoms. The summed E-state index contributed by atoms with van der Waals surface area (Å²) in [6.45, 7) is 20.4. The van der Waals surface area contributed by atoms with Crippen LogP contribution in [0.3, 0.4) is 0 Å². The van der Waals surface area contributed by atoms with Crippen LogP contribution in [0.25, 0.3) is 0 Å². The summed E-state index contributed by atoms with van der Waals surface area (Å²) in [6, 6.07) is 18.3. The lowest BCUT2D eigenvalue weighted by Gasteiger charge is -2.44. The van der Waals surface area contributed by atoms with E-state index in [0.29, 0.717) is 39.5 Å². The van der Waals surface area contributed by atoms with E-state index in [9.17, 15) is 14.4 Å². The highest BCUT2D eigenvalue weighted by Gasteiger charge is 2.44. The minimum atomic E-state index is -0.485. The van der Waals surface area contributed by atoms with Crippen molar-refractivity contribution in [2.45, 2.75) is 154 Å². The van der Waals surface area contributed by atoms with Gasteiger partial charge in [-0.2, -0.15) is 0 Å². The van der Waals surface area contributed by atoms with Gasteiger partial charge in [-0.3, -0.25) is 14.7 Å². The van der Waals surface area contributed by atoms with Crippen molar-refractivity contribution in [1.82, 2.24) is 14.7 Å². The van der Waals surface area contributed by atoms with Crippen molar-refractivity contribution < 1.29 is 57.0 Å². The Morgan fingerprint density at radius 1 is 0.435 bits per heavy atom. The number of hydrogen-bond acceptors (Lipinski definition) is 12. The molecule has 0 saturated carbocycles. The zero-order valence-electron chi connectivity index (χ0n) is 42.9. The molecular weight excluding hydrogens is 883 g/mol. The number of methoxy groups -OCH3 is 3. The molecule has 3 aliphatic carbocycles. The topological polar surface area (TPSA) is 144 Å². The molecule has 0 aromatic heterocycles. The van der Waals surface area contributed by atoms with E-state index >= 15 is 0 Å². The van der Waals surface area contributed by atoms with Crippen molar-refractivity contribution in [3.63, 3.8) is 0 Å². The first-order chi connectivity index (χ1) is 32.7. The van der Waals surface area contributed by atoms with E-state index in [-0.39, 0.29) is 54.7 Å². The van der Waals surface area contributed by atoms with Crippen LogP contribution in [0.15, 0.2) is 54.6 Å². The average Bonchev–Trinajstić information content (AvgIpc) is 3.29. The van der Waals surface area contributed by atoms with E-state index in [1.54, 1.807) is 21.3 Å². The molecule has 3 heterocycles. The monoisotopic (exact) mass is 958 g/mol. The fourth-order valence-electron chi connectivity index (χ4n) is 10.2. The molecule has 378 valence electrons. The molecular formula is C54H75N3O12. The molecule has 0 bridgehead atoms. The molecule has 0 N–H and O–H groups in total. The molecule has 6 aliphatic rings. The molecule has 3 aromatic rings.